The largest absolute Gasteiger partial charge is 0.238 e. The number of nitrogens with zero attached hydrogens (tertiary/aromatic N) is 4. The first-order valence-corrected chi connectivity index (χ1v) is 15.4. The third-order valence-corrected chi connectivity index (χ3v) is 9.16. The molecule has 0 spiro atoms. The second kappa shape index (κ2) is 11.3. The highest BCUT2D eigenvalue weighted by Crippen LogP contribution is 2.48. The smallest absolute Gasteiger partial charge is 0.187 e. The van der Waals surface area contributed by atoms with E-state index in [0.29, 0.717) is 22.5 Å². The second-order valence-corrected chi connectivity index (χ2v) is 11.7. The molecule has 0 aromatic heterocycles. The van der Waals surface area contributed by atoms with Crippen molar-refractivity contribution in [2.45, 2.75) is 0 Å². The van der Waals surface area contributed by atoms with Gasteiger partial charge in [-0.3, -0.25) is 0 Å². The Hall–Kier alpha value is -7.24. The normalized spacial score (nSPS) is 10.8. The molecule has 0 aliphatic rings. The zero-order chi connectivity index (χ0) is 32.8. The summed E-state index contributed by atoms with van der Waals surface area (Å²) in [7, 11) is 0. The highest BCUT2D eigenvalue weighted by Gasteiger charge is 2.21. The Labute approximate surface area is 277 Å². The number of benzene rings is 8. The predicted octanol–water partition coefficient (Wildman–Crippen LogP) is 12.1. The molecule has 0 heterocycles. The van der Waals surface area contributed by atoms with Crippen LogP contribution < -0.4 is 0 Å². The monoisotopic (exact) mass is 606 g/mol. The van der Waals surface area contributed by atoms with Crippen LogP contribution in [0.5, 0.6) is 0 Å². The first-order valence-electron chi connectivity index (χ1n) is 15.4. The summed E-state index contributed by atoms with van der Waals surface area (Å²) in [6.45, 7) is 14.9. The second-order valence-electron chi connectivity index (χ2n) is 11.7. The van der Waals surface area contributed by atoms with E-state index in [1.54, 1.807) is 0 Å². The van der Waals surface area contributed by atoms with E-state index in [-0.39, 0.29) is 0 Å². The van der Waals surface area contributed by atoms with Gasteiger partial charge in [0.25, 0.3) is 0 Å². The van der Waals surface area contributed by atoms with Crippen molar-refractivity contribution in [2.24, 2.45) is 0 Å². The van der Waals surface area contributed by atoms with E-state index in [0.717, 1.165) is 76.8 Å². The van der Waals surface area contributed by atoms with E-state index < -0.39 is 0 Å². The Morgan fingerprint density at radius 2 is 0.646 bits per heavy atom. The fraction of sp³-hybridized carbons (Fsp3) is 0. The van der Waals surface area contributed by atoms with Crippen LogP contribution >= 0.6 is 0 Å². The molecule has 218 valence electrons. The molecule has 0 N–H and O–H groups in total. The van der Waals surface area contributed by atoms with E-state index in [1.165, 1.54) is 0 Å². The summed E-state index contributed by atoms with van der Waals surface area (Å²) in [5.41, 5.74) is 10.6. The standard InChI is InChI=1S/C44H22N4/c1-47-33-15-11-31(12-16-33)41-23-39(29-7-3-27(25-45)4-8-29)35-19-20-36-40(30-9-5-28(26-46)6-10-30)24-42(32-13-17-34(48-2)18-14-32)38-22-21-37(41)43(35)44(36)38/h3-24H. The van der Waals surface area contributed by atoms with E-state index in [1.807, 2.05) is 97.1 Å². The summed E-state index contributed by atoms with van der Waals surface area (Å²) >= 11 is 0. The maximum absolute atomic E-state index is 9.49. The molecule has 0 aliphatic carbocycles. The summed E-state index contributed by atoms with van der Waals surface area (Å²) in [6.07, 6.45) is 0. The van der Waals surface area contributed by atoms with Gasteiger partial charge < -0.3 is 0 Å². The molecule has 0 atom stereocenters. The third kappa shape index (κ3) is 4.50. The van der Waals surface area contributed by atoms with Gasteiger partial charge in [-0.2, -0.15) is 10.5 Å². The van der Waals surface area contributed by atoms with Crippen molar-refractivity contribution in [2.75, 3.05) is 0 Å². The minimum atomic E-state index is 0.588. The number of rotatable bonds is 4. The lowest BCUT2D eigenvalue weighted by molar-refractivity contribution is 1.48. The first kappa shape index (κ1) is 28.2. The van der Waals surface area contributed by atoms with Gasteiger partial charge in [0.1, 0.15) is 0 Å². The van der Waals surface area contributed by atoms with E-state index in [4.69, 9.17) is 13.1 Å². The van der Waals surface area contributed by atoms with Crippen LogP contribution in [0.2, 0.25) is 0 Å². The SMILES string of the molecule is [C-]#[N+]c1ccc(-c2cc(-c3ccc(C#N)cc3)c3ccc4c(-c5ccc(C#N)cc5)cc(-c5ccc([N+]#[C-])cc5)c5ccc2c3c45)cc1. The lowest BCUT2D eigenvalue weighted by Gasteiger charge is -2.21. The fourth-order valence-corrected chi connectivity index (χ4v) is 6.83. The number of hydrogen-bond donors (Lipinski definition) is 0. The molecular formula is C44H22N4. The van der Waals surface area contributed by atoms with Crippen LogP contribution in [0, 0.1) is 35.8 Å². The fourth-order valence-electron chi connectivity index (χ4n) is 6.83. The lowest BCUT2D eigenvalue weighted by atomic mass is 9.82. The summed E-state index contributed by atoms with van der Waals surface area (Å²) in [5.74, 6) is 0. The van der Waals surface area contributed by atoms with Gasteiger partial charge in [-0.1, -0.05) is 97.1 Å². The minimum Gasteiger partial charge on any atom is -0.238 e. The van der Waals surface area contributed by atoms with Crippen molar-refractivity contribution in [1.29, 1.82) is 10.5 Å². The lowest BCUT2D eigenvalue weighted by Crippen LogP contribution is -1.94. The molecule has 0 radical (unpaired) electrons. The van der Waals surface area contributed by atoms with Gasteiger partial charge in [-0.25, -0.2) is 9.69 Å². The van der Waals surface area contributed by atoms with Gasteiger partial charge in [0.05, 0.1) is 36.4 Å². The molecule has 0 aliphatic heterocycles. The molecule has 8 rings (SSSR count). The van der Waals surface area contributed by atoms with Crippen molar-refractivity contribution in [3.63, 3.8) is 0 Å². The van der Waals surface area contributed by atoms with Crippen LogP contribution in [0.3, 0.4) is 0 Å². The first-order chi connectivity index (χ1) is 23.6. The molecule has 8 aromatic rings. The van der Waals surface area contributed by atoms with Crippen LogP contribution in [0.1, 0.15) is 11.1 Å². The third-order valence-electron chi connectivity index (χ3n) is 9.16. The topological polar surface area (TPSA) is 56.3 Å². The Balaban J connectivity index is 1.53. The Morgan fingerprint density at radius 1 is 0.375 bits per heavy atom. The van der Waals surface area contributed by atoms with Crippen LogP contribution in [-0.4, -0.2) is 0 Å². The molecule has 0 bridgehead atoms. The predicted molar refractivity (Wildman–Crippen MR) is 194 cm³/mol. The average Bonchev–Trinajstić information content (AvgIpc) is 3.16. The van der Waals surface area contributed by atoms with Crippen molar-refractivity contribution in [3.05, 3.63) is 167 Å². The molecule has 0 fully saturated rings. The summed E-state index contributed by atoms with van der Waals surface area (Å²) in [6, 6.07) is 48.6. The molecule has 0 saturated heterocycles. The minimum absolute atomic E-state index is 0.588. The van der Waals surface area contributed by atoms with E-state index >= 15 is 0 Å². The summed E-state index contributed by atoms with van der Waals surface area (Å²) in [5, 5.41) is 25.6. The molecular weight excluding hydrogens is 585 g/mol. The maximum atomic E-state index is 9.49. The highest BCUT2D eigenvalue weighted by molar-refractivity contribution is 6.32. The van der Waals surface area contributed by atoms with Crippen molar-refractivity contribution >= 4 is 43.7 Å². The number of nitriles is 2. The van der Waals surface area contributed by atoms with E-state index in [2.05, 4.69) is 58.2 Å². The molecule has 0 unspecified atom stereocenters. The van der Waals surface area contributed by atoms with Crippen molar-refractivity contribution in [3.8, 4) is 56.6 Å². The molecule has 4 heteroatoms. The summed E-state index contributed by atoms with van der Waals surface area (Å²) in [4.78, 5) is 7.21. The molecule has 48 heavy (non-hydrogen) atoms. The Kier molecular flexibility index (Phi) is 6.64. The van der Waals surface area contributed by atoms with Crippen molar-refractivity contribution < 1.29 is 0 Å². The maximum Gasteiger partial charge on any atom is 0.187 e. The molecule has 0 amide bonds. The van der Waals surface area contributed by atoms with Crippen LogP contribution in [0.25, 0.3) is 86.5 Å². The van der Waals surface area contributed by atoms with Gasteiger partial charge >= 0.3 is 0 Å². The van der Waals surface area contributed by atoms with Gasteiger partial charge in [-0.15, -0.1) is 0 Å². The van der Waals surface area contributed by atoms with Crippen LogP contribution in [0.4, 0.5) is 11.4 Å². The number of hydrogen-bond acceptors (Lipinski definition) is 2. The van der Waals surface area contributed by atoms with Gasteiger partial charge in [0.2, 0.25) is 0 Å². The Morgan fingerprint density at radius 3 is 0.896 bits per heavy atom. The van der Waals surface area contributed by atoms with Crippen LogP contribution in [-0.2, 0) is 0 Å². The Bertz CT molecular complexity index is 2330. The van der Waals surface area contributed by atoms with Gasteiger partial charge in [0.15, 0.2) is 11.4 Å². The molecule has 4 nitrogen and oxygen atoms in total. The van der Waals surface area contributed by atoms with E-state index in [9.17, 15) is 10.5 Å². The quantitative estimate of drug-likeness (QED) is 0.148. The van der Waals surface area contributed by atoms with Crippen LogP contribution in [0.15, 0.2) is 133 Å². The zero-order valence-corrected chi connectivity index (χ0v) is 25.5. The van der Waals surface area contributed by atoms with Crippen molar-refractivity contribution in [1.82, 2.24) is 0 Å². The average molecular weight is 607 g/mol. The summed E-state index contributed by atoms with van der Waals surface area (Å²) < 4.78 is 0. The van der Waals surface area contributed by atoms with Gasteiger partial charge in [0, 0.05) is 0 Å². The zero-order valence-electron chi connectivity index (χ0n) is 25.5. The molecule has 0 saturated carbocycles. The van der Waals surface area contributed by atoms with Gasteiger partial charge in [-0.05, 0) is 113 Å². The molecule has 8 aromatic carbocycles. The highest BCUT2D eigenvalue weighted by atomic mass is 14.6.